The van der Waals surface area contributed by atoms with Crippen LogP contribution in [-0.2, 0) is 9.53 Å². The maximum absolute atomic E-state index is 11.9. The molecule has 0 radical (unpaired) electrons. The van der Waals surface area contributed by atoms with Crippen LogP contribution in [0.2, 0.25) is 0 Å². The molecule has 0 heterocycles. The molecule has 4 saturated carbocycles. The Kier molecular flexibility index (Phi) is 6.76. The Morgan fingerprint density at radius 3 is 2.11 bits per heavy atom. The Bertz CT molecular complexity index is 893. The van der Waals surface area contributed by atoms with Gasteiger partial charge in [0.05, 0.1) is 0 Å². The highest BCUT2D eigenvalue weighted by Crippen LogP contribution is 2.79. The Morgan fingerprint density at radius 2 is 1.49 bits per heavy atom. The number of rotatable bonds is 5. The molecule has 0 aromatic carbocycles. The van der Waals surface area contributed by atoms with Crippen LogP contribution in [0, 0.1) is 44.8 Å². The molecule has 0 N–H and O–H groups in total. The van der Waals surface area contributed by atoms with Gasteiger partial charge in [0.15, 0.2) is 0 Å². The summed E-state index contributed by atoms with van der Waals surface area (Å²) >= 11 is 0. The van der Waals surface area contributed by atoms with Crippen molar-refractivity contribution < 1.29 is 9.53 Å². The van der Waals surface area contributed by atoms with Crippen molar-refractivity contribution in [1.29, 1.82) is 0 Å². The lowest BCUT2D eigenvalue weighted by Crippen LogP contribution is -2.65. The third-order valence-electron chi connectivity index (χ3n) is 13.0. The first kappa shape index (κ1) is 27.0. The fourth-order valence-electron chi connectivity index (χ4n) is 10.9. The van der Waals surface area contributed by atoms with E-state index in [4.69, 9.17) is 4.74 Å². The van der Waals surface area contributed by atoms with E-state index < -0.39 is 0 Å². The van der Waals surface area contributed by atoms with Crippen LogP contribution in [0.25, 0.3) is 0 Å². The summed E-state index contributed by atoms with van der Waals surface area (Å²) in [5, 5.41) is 0. The van der Waals surface area contributed by atoms with Crippen molar-refractivity contribution in [1.82, 2.24) is 0 Å². The van der Waals surface area contributed by atoms with Gasteiger partial charge in [-0.15, -0.1) is 0 Å². The van der Waals surface area contributed by atoms with Gasteiger partial charge in [0, 0.05) is 12.3 Å². The highest BCUT2D eigenvalue weighted by Gasteiger charge is 2.71. The maximum atomic E-state index is 11.9. The van der Waals surface area contributed by atoms with Gasteiger partial charge in [-0.3, -0.25) is 4.79 Å². The summed E-state index contributed by atoms with van der Waals surface area (Å²) in [7, 11) is 0. The van der Waals surface area contributed by atoms with Crippen molar-refractivity contribution in [2.24, 2.45) is 44.8 Å². The van der Waals surface area contributed by atoms with Crippen LogP contribution in [0.5, 0.6) is 0 Å². The van der Waals surface area contributed by atoms with Gasteiger partial charge in [-0.2, -0.15) is 0 Å². The van der Waals surface area contributed by atoms with Crippen LogP contribution in [0.3, 0.4) is 0 Å². The number of hydrogen-bond acceptors (Lipinski definition) is 2. The lowest BCUT2D eigenvalue weighted by molar-refractivity contribution is -0.241. The summed E-state index contributed by atoms with van der Waals surface area (Å²) < 4.78 is 5.90. The van der Waals surface area contributed by atoms with E-state index in [0.29, 0.717) is 33.5 Å². The summed E-state index contributed by atoms with van der Waals surface area (Å²) in [6, 6.07) is 0. The minimum atomic E-state index is -0.116. The predicted octanol–water partition coefficient (Wildman–Crippen LogP) is 9.30. The van der Waals surface area contributed by atoms with E-state index >= 15 is 0 Å². The molecule has 0 bridgehead atoms. The van der Waals surface area contributed by atoms with Gasteiger partial charge in [0.25, 0.3) is 0 Å². The quantitative estimate of drug-likeness (QED) is 0.288. The van der Waals surface area contributed by atoms with Crippen molar-refractivity contribution >= 4 is 5.97 Å². The molecular formula is C33H54O2. The number of fused-ring (bicyclic) bond motifs is 5. The highest BCUT2D eigenvalue weighted by molar-refractivity contribution is 5.66. The van der Waals surface area contributed by atoms with Crippen LogP contribution in [0.1, 0.15) is 127 Å². The second-order valence-electron chi connectivity index (χ2n) is 14.9. The molecule has 35 heavy (non-hydrogen) atoms. The summed E-state index contributed by atoms with van der Waals surface area (Å²) in [5.74, 6) is 1.92. The standard InChI is InChI=1S/C33H54O2/c1-22(2)12-11-13-23(3)25-14-21-33(10)31(25,8)19-16-27-30(7)18-17-28(35-24(4)34)29(5,6)26(30)15-20-32(27,33)9/h12,25-28H,3,11,13-21H2,1-2,4-10H3. The molecular weight excluding hydrogens is 428 g/mol. The van der Waals surface area contributed by atoms with Gasteiger partial charge in [-0.1, -0.05) is 65.3 Å². The van der Waals surface area contributed by atoms with Crippen molar-refractivity contribution in [3.05, 3.63) is 23.8 Å². The van der Waals surface area contributed by atoms with E-state index in [1.807, 2.05) is 0 Å². The molecule has 0 spiro atoms. The first-order valence-corrected chi connectivity index (χ1v) is 14.6. The molecule has 4 aliphatic rings. The first-order chi connectivity index (χ1) is 16.1. The molecule has 0 amide bonds. The van der Waals surface area contributed by atoms with Crippen LogP contribution >= 0.6 is 0 Å². The second kappa shape index (κ2) is 8.76. The van der Waals surface area contributed by atoms with Crippen LogP contribution in [0.4, 0.5) is 0 Å². The van der Waals surface area contributed by atoms with Crippen LogP contribution in [0.15, 0.2) is 23.8 Å². The monoisotopic (exact) mass is 482 g/mol. The summed E-state index contributed by atoms with van der Waals surface area (Å²) in [6.45, 7) is 26.1. The lowest BCUT2D eigenvalue weighted by Gasteiger charge is -2.72. The van der Waals surface area contributed by atoms with E-state index in [2.05, 4.69) is 68.0 Å². The smallest absolute Gasteiger partial charge is 0.302 e. The zero-order valence-electron chi connectivity index (χ0n) is 24.5. The van der Waals surface area contributed by atoms with Crippen molar-refractivity contribution in [3.63, 3.8) is 0 Å². The topological polar surface area (TPSA) is 26.3 Å². The van der Waals surface area contributed by atoms with Crippen LogP contribution < -0.4 is 0 Å². The van der Waals surface area contributed by atoms with E-state index in [1.165, 1.54) is 56.1 Å². The third-order valence-corrected chi connectivity index (χ3v) is 13.0. The summed E-state index contributed by atoms with van der Waals surface area (Å²) in [4.78, 5) is 11.9. The first-order valence-electron chi connectivity index (χ1n) is 14.6. The Balaban J connectivity index is 1.62. The fraction of sp³-hybridized carbons (Fsp3) is 0.848. The number of ether oxygens (including phenoxy) is 1. The molecule has 198 valence electrons. The minimum absolute atomic E-state index is 0.0408. The molecule has 0 aliphatic heterocycles. The number of allylic oxidation sites excluding steroid dienone is 3. The molecule has 0 aromatic heterocycles. The van der Waals surface area contributed by atoms with E-state index in [-0.39, 0.29) is 17.5 Å². The van der Waals surface area contributed by atoms with Crippen molar-refractivity contribution in [3.8, 4) is 0 Å². The number of carbonyl (C=O) groups excluding carboxylic acids is 1. The summed E-state index contributed by atoms with van der Waals surface area (Å²) in [5.41, 5.74) is 4.38. The second-order valence-corrected chi connectivity index (χ2v) is 14.9. The highest BCUT2D eigenvalue weighted by atomic mass is 16.5. The molecule has 2 nitrogen and oxygen atoms in total. The summed E-state index contributed by atoms with van der Waals surface area (Å²) in [6.07, 6.45) is 14.9. The van der Waals surface area contributed by atoms with E-state index in [0.717, 1.165) is 25.2 Å². The van der Waals surface area contributed by atoms with Gasteiger partial charge in [-0.25, -0.2) is 0 Å². The number of carbonyl (C=O) groups is 1. The molecule has 4 rings (SSSR count). The Morgan fingerprint density at radius 1 is 0.857 bits per heavy atom. The van der Waals surface area contributed by atoms with Crippen LogP contribution in [-0.4, -0.2) is 12.1 Å². The normalized spacial score (nSPS) is 46.1. The predicted molar refractivity (Wildman–Crippen MR) is 147 cm³/mol. The van der Waals surface area contributed by atoms with Gasteiger partial charge in [0.1, 0.15) is 6.10 Å². The van der Waals surface area contributed by atoms with Gasteiger partial charge in [0.2, 0.25) is 0 Å². The van der Waals surface area contributed by atoms with E-state index in [1.54, 1.807) is 6.92 Å². The molecule has 8 unspecified atom stereocenters. The maximum Gasteiger partial charge on any atom is 0.302 e. The Labute approximate surface area is 216 Å². The zero-order valence-corrected chi connectivity index (χ0v) is 24.5. The average Bonchev–Trinajstić information content (AvgIpc) is 3.02. The van der Waals surface area contributed by atoms with Crippen molar-refractivity contribution in [2.75, 3.05) is 0 Å². The van der Waals surface area contributed by atoms with Crippen molar-refractivity contribution in [2.45, 2.75) is 133 Å². The Hall–Kier alpha value is -1.05. The number of esters is 1. The molecule has 4 aliphatic carbocycles. The molecule has 0 saturated heterocycles. The minimum Gasteiger partial charge on any atom is -0.462 e. The lowest BCUT2D eigenvalue weighted by atomic mass is 9.33. The largest absolute Gasteiger partial charge is 0.462 e. The van der Waals surface area contributed by atoms with Gasteiger partial charge >= 0.3 is 5.97 Å². The SMILES string of the molecule is C=C(CCC=C(C)C)C1CCC2(C)C1(C)CCC1C3(C)CCC(OC(C)=O)C(C)(C)C3CCC12C. The zero-order chi connectivity index (χ0) is 26.0. The van der Waals surface area contributed by atoms with Gasteiger partial charge < -0.3 is 4.74 Å². The molecule has 2 heteroatoms. The average molecular weight is 483 g/mol. The molecule has 0 aromatic rings. The molecule has 4 fully saturated rings. The molecule has 8 atom stereocenters. The van der Waals surface area contributed by atoms with Gasteiger partial charge in [-0.05, 0) is 117 Å². The number of hydrogen-bond donors (Lipinski definition) is 0. The third kappa shape index (κ3) is 3.82. The van der Waals surface area contributed by atoms with E-state index in [9.17, 15) is 4.79 Å². The fourth-order valence-corrected chi connectivity index (χ4v) is 10.9.